The van der Waals surface area contributed by atoms with Crippen LogP contribution in [0, 0.1) is 23.7 Å². The van der Waals surface area contributed by atoms with E-state index >= 15 is 0 Å². The van der Waals surface area contributed by atoms with E-state index in [1.165, 1.54) is 19.3 Å². The molecule has 0 radical (unpaired) electrons. The van der Waals surface area contributed by atoms with Crippen LogP contribution in [0.2, 0.25) is 0 Å². The average molecular weight is 294 g/mol. The molecule has 1 heterocycles. The fourth-order valence-electron chi connectivity index (χ4n) is 4.90. The van der Waals surface area contributed by atoms with E-state index in [4.69, 9.17) is 9.47 Å². The summed E-state index contributed by atoms with van der Waals surface area (Å²) in [5.41, 5.74) is 0.487. The highest BCUT2D eigenvalue weighted by molar-refractivity contribution is 7.99. The van der Waals surface area contributed by atoms with Gasteiger partial charge in [0, 0.05) is 16.6 Å². The molecule has 1 saturated heterocycles. The summed E-state index contributed by atoms with van der Waals surface area (Å²) in [5, 5.41) is 0.771. The maximum atomic E-state index is 11.3. The lowest BCUT2D eigenvalue weighted by Crippen LogP contribution is -2.30. The van der Waals surface area contributed by atoms with E-state index < -0.39 is 0 Å². The van der Waals surface area contributed by atoms with Crippen molar-refractivity contribution in [2.75, 3.05) is 12.4 Å². The molecule has 0 spiro atoms. The molecule has 4 aliphatic rings. The Morgan fingerprint density at radius 2 is 2.20 bits per heavy atom. The second-order valence-corrected chi connectivity index (χ2v) is 8.18. The first-order chi connectivity index (χ1) is 9.65. The van der Waals surface area contributed by atoms with Gasteiger partial charge in [-0.25, -0.2) is 4.79 Å². The highest BCUT2D eigenvalue weighted by Crippen LogP contribution is 2.65. The molecule has 3 aliphatic carbocycles. The smallest absolute Gasteiger partial charge is 0.333 e. The van der Waals surface area contributed by atoms with Crippen molar-refractivity contribution in [3.63, 3.8) is 0 Å². The van der Waals surface area contributed by atoms with Gasteiger partial charge in [-0.2, -0.15) is 11.8 Å². The fourth-order valence-corrected chi connectivity index (χ4v) is 6.30. The molecule has 4 fully saturated rings. The lowest BCUT2D eigenvalue weighted by molar-refractivity contribution is -0.138. The molecule has 4 heteroatoms. The summed E-state index contributed by atoms with van der Waals surface area (Å²) in [7, 11) is 0. The van der Waals surface area contributed by atoms with Crippen molar-refractivity contribution in [2.24, 2.45) is 23.7 Å². The van der Waals surface area contributed by atoms with Crippen LogP contribution in [-0.4, -0.2) is 35.8 Å². The van der Waals surface area contributed by atoms with Gasteiger partial charge in [0.1, 0.15) is 6.61 Å². The van der Waals surface area contributed by atoms with E-state index in [2.05, 4.69) is 6.58 Å². The summed E-state index contributed by atoms with van der Waals surface area (Å²) in [6.07, 6.45) is 5.37. The summed E-state index contributed by atoms with van der Waals surface area (Å²) in [5.74, 6) is 4.31. The summed E-state index contributed by atoms with van der Waals surface area (Å²) in [6, 6.07) is 0. The predicted molar refractivity (Wildman–Crippen MR) is 78.5 cm³/mol. The number of esters is 1. The summed E-state index contributed by atoms with van der Waals surface area (Å²) in [6.45, 7) is 5.80. The van der Waals surface area contributed by atoms with E-state index in [1.54, 1.807) is 6.92 Å². The second kappa shape index (κ2) is 4.77. The van der Waals surface area contributed by atoms with E-state index in [9.17, 15) is 4.79 Å². The van der Waals surface area contributed by atoms with Crippen molar-refractivity contribution in [3.05, 3.63) is 12.2 Å². The van der Waals surface area contributed by atoms with Crippen LogP contribution in [0.25, 0.3) is 0 Å². The molecule has 1 aliphatic heterocycles. The van der Waals surface area contributed by atoms with E-state index in [0.717, 1.165) is 34.7 Å². The molecule has 110 valence electrons. The third kappa shape index (κ3) is 2.03. The molecule has 0 N–H and O–H groups in total. The third-order valence-electron chi connectivity index (χ3n) is 5.68. The van der Waals surface area contributed by atoms with Crippen LogP contribution in [0.4, 0.5) is 0 Å². The summed E-state index contributed by atoms with van der Waals surface area (Å²) >= 11 is 2.01. The van der Waals surface area contributed by atoms with Crippen LogP contribution in [0.3, 0.4) is 0 Å². The van der Waals surface area contributed by atoms with Crippen molar-refractivity contribution < 1.29 is 14.3 Å². The van der Waals surface area contributed by atoms with Gasteiger partial charge in [-0.15, -0.1) is 0 Å². The number of fused-ring (bicyclic) bond motifs is 7. The number of carbonyl (C=O) groups excluding carboxylic acids is 1. The Labute approximate surface area is 124 Å². The zero-order chi connectivity index (χ0) is 13.9. The number of thioether (sulfide) groups is 1. The zero-order valence-electron chi connectivity index (χ0n) is 11.9. The standard InChI is InChI=1S/C16H22O3S/c1-8(2)16(17)18-3-4-20-13-6-9-5-11(13)14-10(9)7-12-15(14)19-12/h9-15H,1,3-7H2,2H3. The Balaban J connectivity index is 1.25. The summed E-state index contributed by atoms with van der Waals surface area (Å²) < 4.78 is 10.9. The number of hydrogen-bond acceptors (Lipinski definition) is 4. The monoisotopic (exact) mass is 294 g/mol. The minimum absolute atomic E-state index is 0.261. The van der Waals surface area contributed by atoms with Crippen LogP contribution >= 0.6 is 11.8 Å². The Kier molecular flexibility index (Phi) is 3.15. The van der Waals surface area contributed by atoms with Gasteiger partial charge in [-0.05, 0) is 49.9 Å². The number of ether oxygens (including phenoxy) is 2. The van der Waals surface area contributed by atoms with Crippen molar-refractivity contribution in [3.8, 4) is 0 Å². The van der Waals surface area contributed by atoms with Crippen LogP contribution in [0.15, 0.2) is 12.2 Å². The lowest BCUT2D eigenvalue weighted by Gasteiger charge is -2.32. The Morgan fingerprint density at radius 3 is 3.00 bits per heavy atom. The maximum Gasteiger partial charge on any atom is 0.333 e. The SMILES string of the molecule is C=C(C)C(=O)OCCSC1CC2CC1C1C2CC2OC21. The lowest BCUT2D eigenvalue weighted by atomic mass is 9.81. The molecule has 0 amide bonds. The first kappa shape index (κ1) is 13.2. The average Bonchev–Trinajstić information content (AvgIpc) is 2.81. The van der Waals surface area contributed by atoms with Crippen LogP contribution in [0.1, 0.15) is 26.2 Å². The van der Waals surface area contributed by atoms with Crippen LogP contribution < -0.4 is 0 Å². The fraction of sp³-hybridized carbons (Fsp3) is 0.812. The number of epoxide rings is 1. The molecular weight excluding hydrogens is 272 g/mol. The number of carbonyl (C=O) groups is 1. The molecule has 20 heavy (non-hydrogen) atoms. The Bertz CT molecular complexity index is 449. The third-order valence-corrected chi connectivity index (χ3v) is 7.06. The van der Waals surface area contributed by atoms with Crippen molar-refractivity contribution in [1.29, 1.82) is 0 Å². The van der Waals surface area contributed by atoms with E-state index in [0.29, 0.717) is 24.4 Å². The molecule has 3 nitrogen and oxygen atoms in total. The van der Waals surface area contributed by atoms with Gasteiger partial charge in [0.15, 0.2) is 0 Å². The first-order valence-corrected chi connectivity index (χ1v) is 8.79. The highest BCUT2D eigenvalue weighted by atomic mass is 32.2. The molecule has 0 aromatic heterocycles. The van der Waals surface area contributed by atoms with E-state index in [1.807, 2.05) is 11.8 Å². The molecule has 7 atom stereocenters. The molecule has 0 aromatic rings. The first-order valence-electron chi connectivity index (χ1n) is 7.75. The second-order valence-electron chi connectivity index (χ2n) is 6.84. The van der Waals surface area contributed by atoms with Crippen LogP contribution in [-0.2, 0) is 14.3 Å². The van der Waals surface area contributed by atoms with Gasteiger partial charge in [0.05, 0.1) is 12.2 Å². The highest BCUT2D eigenvalue weighted by Gasteiger charge is 2.66. The molecule has 2 bridgehead atoms. The van der Waals surface area contributed by atoms with E-state index in [-0.39, 0.29) is 5.97 Å². The Hall–Kier alpha value is -0.480. The van der Waals surface area contributed by atoms with Gasteiger partial charge in [0.25, 0.3) is 0 Å². The zero-order valence-corrected chi connectivity index (χ0v) is 12.7. The van der Waals surface area contributed by atoms with Gasteiger partial charge < -0.3 is 9.47 Å². The summed E-state index contributed by atoms with van der Waals surface area (Å²) in [4.78, 5) is 11.3. The topological polar surface area (TPSA) is 38.8 Å². The maximum absolute atomic E-state index is 11.3. The van der Waals surface area contributed by atoms with Crippen LogP contribution in [0.5, 0.6) is 0 Å². The molecular formula is C16H22O3S. The molecule has 3 saturated carbocycles. The predicted octanol–water partition coefficient (Wildman–Crippen LogP) is 2.65. The Morgan fingerprint density at radius 1 is 1.35 bits per heavy atom. The van der Waals surface area contributed by atoms with Gasteiger partial charge in [-0.3, -0.25) is 0 Å². The molecule has 7 unspecified atom stereocenters. The van der Waals surface area contributed by atoms with Gasteiger partial charge >= 0.3 is 5.97 Å². The quantitative estimate of drug-likeness (QED) is 0.338. The molecule has 0 aromatic carbocycles. The van der Waals surface area contributed by atoms with Crippen molar-refractivity contribution in [2.45, 2.75) is 43.6 Å². The minimum atomic E-state index is -0.261. The van der Waals surface area contributed by atoms with Crippen molar-refractivity contribution >= 4 is 17.7 Å². The largest absolute Gasteiger partial charge is 0.461 e. The number of rotatable bonds is 5. The molecule has 4 rings (SSSR count). The van der Waals surface area contributed by atoms with Gasteiger partial charge in [-0.1, -0.05) is 6.58 Å². The van der Waals surface area contributed by atoms with Gasteiger partial charge in [0.2, 0.25) is 0 Å². The normalized spacial score (nSPS) is 47.0. The number of hydrogen-bond donors (Lipinski definition) is 0. The van der Waals surface area contributed by atoms with Crippen molar-refractivity contribution in [1.82, 2.24) is 0 Å². The minimum Gasteiger partial charge on any atom is -0.461 e.